The summed E-state index contributed by atoms with van der Waals surface area (Å²) < 4.78 is 0. The van der Waals surface area contributed by atoms with Gasteiger partial charge in [0.25, 0.3) is 5.69 Å². The number of aldehydes is 1. The van der Waals surface area contributed by atoms with Crippen LogP contribution in [0.3, 0.4) is 0 Å². The van der Waals surface area contributed by atoms with E-state index in [1.165, 1.54) is 23.3 Å². The second kappa shape index (κ2) is 7.68. The zero-order valence-electron chi connectivity index (χ0n) is 13.5. The van der Waals surface area contributed by atoms with Crippen molar-refractivity contribution in [2.24, 2.45) is 0 Å². The number of benzene rings is 1. The number of carbonyl (C=O) groups excluding carboxylic acids is 1. The molecule has 1 aliphatic carbocycles. The smallest absolute Gasteiger partial charge is 0.269 e. The van der Waals surface area contributed by atoms with Gasteiger partial charge in [0, 0.05) is 18.1 Å². The van der Waals surface area contributed by atoms with E-state index in [4.69, 9.17) is 0 Å². The van der Waals surface area contributed by atoms with Crippen LogP contribution in [-0.4, -0.2) is 11.2 Å². The monoisotopic (exact) mass is 311 g/mol. The molecule has 4 heteroatoms. The number of carbonyl (C=O) groups is 1. The minimum atomic E-state index is -0.411. The van der Waals surface area contributed by atoms with Crippen molar-refractivity contribution in [3.05, 3.63) is 74.9 Å². The molecule has 0 amide bonds. The van der Waals surface area contributed by atoms with E-state index in [2.05, 4.69) is 19.9 Å². The Kier molecular flexibility index (Phi) is 5.63. The number of non-ortho nitro benzene ring substituents is 1. The van der Waals surface area contributed by atoms with Gasteiger partial charge in [0.2, 0.25) is 0 Å². The van der Waals surface area contributed by atoms with E-state index in [1.807, 2.05) is 12.2 Å². The molecule has 1 aromatic carbocycles. The summed E-state index contributed by atoms with van der Waals surface area (Å²) in [5.74, 6) is -0.0139. The fraction of sp³-hybridized carbons (Fsp3) is 0.316. The summed E-state index contributed by atoms with van der Waals surface area (Å²) in [7, 11) is 0. The Labute approximate surface area is 136 Å². The van der Waals surface area contributed by atoms with Crippen LogP contribution in [0.15, 0.2) is 59.2 Å². The van der Waals surface area contributed by atoms with Gasteiger partial charge in [0.15, 0.2) is 0 Å². The summed E-state index contributed by atoms with van der Waals surface area (Å²) in [4.78, 5) is 21.7. The molecule has 4 nitrogen and oxygen atoms in total. The predicted octanol–water partition coefficient (Wildman–Crippen LogP) is 4.88. The fourth-order valence-corrected chi connectivity index (χ4v) is 2.77. The Balaban J connectivity index is 2.16. The average Bonchev–Trinajstić information content (AvgIpc) is 2.54. The quantitative estimate of drug-likeness (QED) is 0.325. The maximum atomic E-state index is 11.3. The first-order valence-electron chi connectivity index (χ1n) is 7.73. The molecule has 0 fully saturated rings. The average molecular weight is 311 g/mol. The number of nitro benzene ring substituents is 1. The van der Waals surface area contributed by atoms with Crippen molar-refractivity contribution >= 4 is 12.0 Å². The van der Waals surface area contributed by atoms with Gasteiger partial charge in [0.05, 0.1) is 4.92 Å². The maximum Gasteiger partial charge on any atom is 0.269 e. The Bertz CT molecular complexity index is 677. The van der Waals surface area contributed by atoms with Gasteiger partial charge in [-0.2, -0.15) is 0 Å². The highest BCUT2D eigenvalue weighted by Crippen LogP contribution is 2.35. The van der Waals surface area contributed by atoms with E-state index < -0.39 is 4.92 Å². The van der Waals surface area contributed by atoms with Crippen molar-refractivity contribution in [1.29, 1.82) is 0 Å². The zero-order chi connectivity index (χ0) is 16.8. The first-order chi connectivity index (χ1) is 11.0. The van der Waals surface area contributed by atoms with Crippen LogP contribution in [-0.2, 0) is 4.79 Å². The molecule has 1 unspecified atom stereocenters. The topological polar surface area (TPSA) is 60.2 Å². The number of nitro groups is 1. The lowest BCUT2D eigenvalue weighted by atomic mass is 9.81. The molecule has 0 radical (unpaired) electrons. The lowest BCUT2D eigenvalue weighted by Gasteiger charge is -2.22. The maximum absolute atomic E-state index is 11.3. The number of allylic oxidation sites excluding steroid dienone is 6. The summed E-state index contributed by atoms with van der Waals surface area (Å²) in [6.07, 6.45) is 9.75. The van der Waals surface area contributed by atoms with Crippen molar-refractivity contribution in [2.75, 3.05) is 0 Å². The van der Waals surface area contributed by atoms with Crippen molar-refractivity contribution in [3.63, 3.8) is 0 Å². The second-order valence-corrected chi connectivity index (χ2v) is 6.03. The van der Waals surface area contributed by atoms with Crippen molar-refractivity contribution in [1.82, 2.24) is 0 Å². The van der Waals surface area contributed by atoms with Gasteiger partial charge < -0.3 is 0 Å². The fourth-order valence-electron chi connectivity index (χ4n) is 2.77. The summed E-state index contributed by atoms with van der Waals surface area (Å²) in [5, 5.41) is 10.8. The molecular weight excluding hydrogens is 290 g/mol. The molecule has 0 bridgehead atoms. The van der Waals surface area contributed by atoms with E-state index in [9.17, 15) is 14.9 Å². The molecular formula is C19H21NO3. The Morgan fingerprint density at radius 3 is 2.52 bits per heavy atom. The largest absolute Gasteiger partial charge is 0.298 e. The minimum Gasteiger partial charge on any atom is -0.298 e. The highest BCUT2D eigenvalue weighted by Gasteiger charge is 2.21. The van der Waals surface area contributed by atoms with Crippen LogP contribution in [0.1, 0.15) is 44.6 Å². The highest BCUT2D eigenvalue weighted by atomic mass is 16.6. The molecule has 120 valence electrons. The lowest BCUT2D eigenvalue weighted by molar-refractivity contribution is -0.384. The third kappa shape index (κ3) is 4.49. The molecule has 0 N–H and O–H groups in total. The normalized spacial score (nSPS) is 17.0. The predicted molar refractivity (Wildman–Crippen MR) is 91.3 cm³/mol. The first kappa shape index (κ1) is 16.9. The van der Waals surface area contributed by atoms with E-state index in [0.29, 0.717) is 0 Å². The Morgan fingerprint density at radius 2 is 1.96 bits per heavy atom. The van der Waals surface area contributed by atoms with Crippen LogP contribution in [0, 0.1) is 10.1 Å². The SMILES string of the molecule is CC(C)=CCCC1=CC=C(C=O)C(c2ccc([N+](=O)[O-])cc2)C1. The lowest BCUT2D eigenvalue weighted by Crippen LogP contribution is -2.09. The van der Waals surface area contributed by atoms with Crippen molar-refractivity contribution < 1.29 is 9.72 Å². The van der Waals surface area contributed by atoms with Crippen LogP contribution in [0.2, 0.25) is 0 Å². The molecule has 0 heterocycles. The van der Waals surface area contributed by atoms with E-state index >= 15 is 0 Å². The summed E-state index contributed by atoms with van der Waals surface area (Å²) in [6, 6.07) is 6.50. The molecule has 0 aliphatic heterocycles. The number of rotatable bonds is 6. The van der Waals surface area contributed by atoms with Gasteiger partial charge in [-0.1, -0.05) is 41.5 Å². The molecule has 1 aliphatic rings. The summed E-state index contributed by atoms with van der Waals surface area (Å²) in [6.45, 7) is 4.17. The van der Waals surface area contributed by atoms with Crippen molar-refractivity contribution in [2.45, 2.75) is 39.0 Å². The van der Waals surface area contributed by atoms with Gasteiger partial charge in [-0.3, -0.25) is 14.9 Å². The number of hydrogen-bond acceptors (Lipinski definition) is 3. The minimum absolute atomic E-state index is 0.0139. The third-order valence-electron chi connectivity index (χ3n) is 4.04. The Morgan fingerprint density at radius 1 is 1.26 bits per heavy atom. The second-order valence-electron chi connectivity index (χ2n) is 6.03. The molecule has 0 spiro atoms. The summed E-state index contributed by atoms with van der Waals surface area (Å²) >= 11 is 0. The van der Waals surface area contributed by atoms with Gasteiger partial charge in [-0.25, -0.2) is 0 Å². The zero-order valence-corrected chi connectivity index (χ0v) is 13.5. The third-order valence-corrected chi connectivity index (χ3v) is 4.04. The van der Waals surface area contributed by atoms with Gasteiger partial charge in [-0.05, 0) is 44.2 Å². The Hall–Kier alpha value is -2.49. The van der Waals surface area contributed by atoms with Crippen LogP contribution in [0.5, 0.6) is 0 Å². The number of hydrogen-bond donors (Lipinski definition) is 0. The van der Waals surface area contributed by atoms with E-state index in [1.54, 1.807) is 12.1 Å². The van der Waals surface area contributed by atoms with Crippen LogP contribution in [0.25, 0.3) is 0 Å². The molecule has 0 aromatic heterocycles. The molecule has 1 atom stereocenters. The highest BCUT2D eigenvalue weighted by molar-refractivity contribution is 5.77. The summed E-state index contributed by atoms with van der Waals surface area (Å²) in [5.41, 5.74) is 4.35. The van der Waals surface area contributed by atoms with Crippen LogP contribution < -0.4 is 0 Å². The molecule has 23 heavy (non-hydrogen) atoms. The molecule has 1 aromatic rings. The molecule has 0 saturated carbocycles. The standard InChI is InChI=1S/C19H21NO3/c1-14(2)4-3-5-15-6-7-17(13-21)19(12-15)16-8-10-18(11-9-16)20(22)23/h4,6-11,13,19H,3,5,12H2,1-2H3. The van der Waals surface area contributed by atoms with Gasteiger partial charge in [-0.15, -0.1) is 0 Å². The van der Waals surface area contributed by atoms with Crippen molar-refractivity contribution in [3.8, 4) is 0 Å². The van der Waals surface area contributed by atoms with Crippen LogP contribution >= 0.6 is 0 Å². The van der Waals surface area contributed by atoms with E-state index in [-0.39, 0.29) is 11.6 Å². The first-order valence-corrected chi connectivity index (χ1v) is 7.73. The van der Waals surface area contributed by atoms with Gasteiger partial charge >= 0.3 is 0 Å². The van der Waals surface area contributed by atoms with Gasteiger partial charge in [0.1, 0.15) is 6.29 Å². The number of nitrogens with zero attached hydrogens (tertiary/aromatic N) is 1. The molecule has 0 saturated heterocycles. The van der Waals surface area contributed by atoms with Crippen LogP contribution in [0.4, 0.5) is 5.69 Å². The molecule has 2 rings (SSSR count). The van der Waals surface area contributed by atoms with E-state index in [0.717, 1.165) is 36.7 Å².